The highest BCUT2D eigenvalue weighted by atomic mass is 16.5. The number of hydrogen-bond donors (Lipinski definition) is 0. The summed E-state index contributed by atoms with van der Waals surface area (Å²) in [6, 6.07) is 0. The second-order valence-electron chi connectivity index (χ2n) is 3.32. The van der Waals surface area contributed by atoms with Crippen molar-refractivity contribution in [2.45, 2.75) is 12.8 Å². The van der Waals surface area contributed by atoms with Gasteiger partial charge in [0, 0.05) is 13.0 Å². The number of hydrogen-bond acceptors (Lipinski definition) is 3. The fourth-order valence-electron chi connectivity index (χ4n) is 1.39. The number of ether oxygens (including phenoxy) is 1. The zero-order chi connectivity index (χ0) is 9.42. The molecular formula is C9H12N2O2. The Labute approximate surface area is 76.5 Å². The van der Waals surface area contributed by atoms with Gasteiger partial charge >= 0.3 is 0 Å². The molecule has 0 aliphatic heterocycles. The van der Waals surface area contributed by atoms with Crippen molar-refractivity contribution in [1.29, 1.82) is 0 Å². The molecule has 70 valence electrons. The molecule has 4 heteroatoms. The third-order valence-corrected chi connectivity index (χ3v) is 2.31. The van der Waals surface area contributed by atoms with E-state index in [4.69, 9.17) is 4.74 Å². The molecule has 1 fully saturated rings. The Morgan fingerprint density at radius 1 is 1.69 bits per heavy atom. The van der Waals surface area contributed by atoms with Crippen molar-refractivity contribution in [2.24, 2.45) is 13.0 Å². The highest BCUT2D eigenvalue weighted by Gasteiger charge is 2.34. The molecule has 0 spiro atoms. The van der Waals surface area contributed by atoms with E-state index < -0.39 is 0 Å². The number of carbonyl (C=O) groups is 1. The lowest BCUT2D eigenvalue weighted by atomic mass is 10.2. The van der Waals surface area contributed by atoms with Crippen molar-refractivity contribution in [3.63, 3.8) is 0 Å². The molecule has 0 saturated heterocycles. The predicted molar refractivity (Wildman–Crippen MR) is 46.8 cm³/mol. The van der Waals surface area contributed by atoms with Gasteiger partial charge in [-0.1, -0.05) is 0 Å². The molecule has 1 heterocycles. The van der Waals surface area contributed by atoms with Crippen LogP contribution in [0.15, 0.2) is 6.20 Å². The molecule has 0 N–H and O–H groups in total. The van der Waals surface area contributed by atoms with Crippen LogP contribution in [0.3, 0.4) is 0 Å². The molecule has 0 atom stereocenters. The zero-order valence-electron chi connectivity index (χ0n) is 7.78. The second kappa shape index (κ2) is 2.87. The van der Waals surface area contributed by atoms with E-state index in [-0.39, 0.29) is 11.7 Å². The molecular weight excluding hydrogens is 168 g/mol. The number of carbonyl (C=O) groups excluding carboxylic acids is 1. The molecule has 0 unspecified atom stereocenters. The van der Waals surface area contributed by atoms with Crippen molar-refractivity contribution >= 4 is 5.78 Å². The molecule has 0 bridgehead atoms. The van der Waals surface area contributed by atoms with Crippen LogP contribution in [0, 0.1) is 5.92 Å². The Bertz CT molecular complexity index is 339. The van der Waals surface area contributed by atoms with E-state index in [0.717, 1.165) is 12.8 Å². The van der Waals surface area contributed by atoms with Gasteiger partial charge in [-0.2, -0.15) is 5.10 Å². The molecule has 2 rings (SSSR count). The Kier molecular flexibility index (Phi) is 1.83. The van der Waals surface area contributed by atoms with Crippen LogP contribution < -0.4 is 4.74 Å². The van der Waals surface area contributed by atoms with E-state index in [1.54, 1.807) is 25.0 Å². The van der Waals surface area contributed by atoms with E-state index in [2.05, 4.69) is 5.10 Å². The van der Waals surface area contributed by atoms with Crippen LogP contribution in [0.1, 0.15) is 23.3 Å². The minimum absolute atomic E-state index is 0.164. The molecule has 1 aliphatic rings. The second-order valence-corrected chi connectivity index (χ2v) is 3.32. The van der Waals surface area contributed by atoms with E-state index in [1.165, 1.54) is 0 Å². The van der Waals surface area contributed by atoms with Gasteiger partial charge in [0.15, 0.2) is 11.5 Å². The van der Waals surface area contributed by atoms with Crippen molar-refractivity contribution in [3.05, 3.63) is 11.9 Å². The molecule has 0 aromatic carbocycles. The van der Waals surface area contributed by atoms with E-state index >= 15 is 0 Å². The average Bonchev–Trinajstić information content (AvgIpc) is 2.89. The number of aromatic nitrogens is 2. The summed E-state index contributed by atoms with van der Waals surface area (Å²) in [5.41, 5.74) is 0.602. The van der Waals surface area contributed by atoms with Crippen LogP contribution in [-0.2, 0) is 7.05 Å². The van der Waals surface area contributed by atoms with Gasteiger partial charge in [-0.25, -0.2) is 0 Å². The lowest BCUT2D eigenvalue weighted by Gasteiger charge is -2.02. The first-order chi connectivity index (χ1) is 6.24. The standard InChI is InChI=1S/C9H12N2O2/c1-11-8(7(13-2)5-10-11)9(12)6-3-4-6/h5-6H,3-4H2,1-2H3. The third-order valence-electron chi connectivity index (χ3n) is 2.31. The normalized spacial score (nSPS) is 15.8. The summed E-state index contributed by atoms with van der Waals surface area (Å²) in [6.07, 6.45) is 3.59. The number of nitrogens with zero attached hydrogens (tertiary/aromatic N) is 2. The maximum Gasteiger partial charge on any atom is 0.187 e. The topological polar surface area (TPSA) is 44.1 Å². The molecule has 1 aliphatic carbocycles. The maximum atomic E-state index is 11.7. The predicted octanol–water partition coefficient (Wildman–Crippen LogP) is 1.02. The van der Waals surface area contributed by atoms with Gasteiger partial charge < -0.3 is 4.74 Å². The highest BCUT2D eigenvalue weighted by Crippen LogP contribution is 2.34. The van der Waals surface area contributed by atoms with Crippen LogP contribution in [0.2, 0.25) is 0 Å². The SMILES string of the molecule is COc1cnn(C)c1C(=O)C1CC1. The summed E-state index contributed by atoms with van der Waals surface area (Å²) >= 11 is 0. The summed E-state index contributed by atoms with van der Waals surface area (Å²) < 4.78 is 6.64. The first-order valence-corrected chi connectivity index (χ1v) is 4.34. The summed E-state index contributed by atoms with van der Waals surface area (Å²) in [7, 11) is 3.32. The van der Waals surface area contributed by atoms with Crippen LogP contribution in [-0.4, -0.2) is 22.7 Å². The van der Waals surface area contributed by atoms with Crippen LogP contribution in [0.25, 0.3) is 0 Å². The lowest BCUT2D eigenvalue weighted by molar-refractivity contribution is 0.0955. The van der Waals surface area contributed by atoms with Gasteiger partial charge in [-0.05, 0) is 12.8 Å². The van der Waals surface area contributed by atoms with E-state index in [1.807, 2.05) is 0 Å². The van der Waals surface area contributed by atoms with Gasteiger partial charge in [0.25, 0.3) is 0 Å². The van der Waals surface area contributed by atoms with Crippen molar-refractivity contribution in [2.75, 3.05) is 7.11 Å². The fraction of sp³-hybridized carbons (Fsp3) is 0.556. The first-order valence-electron chi connectivity index (χ1n) is 4.34. The lowest BCUT2D eigenvalue weighted by Crippen LogP contribution is -2.09. The van der Waals surface area contributed by atoms with Gasteiger partial charge in [-0.15, -0.1) is 0 Å². The summed E-state index contributed by atoms with van der Waals surface area (Å²) in [5.74, 6) is 0.959. The van der Waals surface area contributed by atoms with Gasteiger partial charge in [0.05, 0.1) is 13.3 Å². The third kappa shape index (κ3) is 1.32. The van der Waals surface area contributed by atoms with Gasteiger partial charge in [0.2, 0.25) is 0 Å². The first kappa shape index (κ1) is 8.29. The number of aryl methyl sites for hydroxylation is 1. The highest BCUT2D eigenvalue weighted by molar-refractivity contribution is 6.00. The van der Waals surface area contributed by atoms with E-state index in [9.17, 15) is 4.79 Å². The zero-order valence-corrected chi connectivity index (χ0v) is 7.78. The quantitative estimate of drug-likeness (QED) is 0.652. The number of Topliss-reactive ketones (excluding diaryl/α,β-unsaturated/α-hetero) is 1. The van der Waals surface area contributed by atoms with Gasteiger partial charge in [0.1, 0.15) is 5.69 Å². The molecule has 13 heavy (non-hydrogen) atoms. The fourth-order valence-corrected chi connectivity index (χ4v) is 1.39. The minimum Gasteiger partial charge on any atom is -0.493 e. The summed E-state index contributed by atoms with van der Waals surface area (Å²) in [6.45, 7) is 0. The molecule has 1 aromatic rings. The Balaban J connectivity index is 2.35. The molecule has 1 aromatic heterocycles. The largest absolute Gasteiger partial charge is 0.493 e. The Morgan fingerprint density at radius 3 is 2.92 bits per heavy atom. The summed E-state index contributed by atoms with van der Waals surface area (Å²) in [4.78, 5) is 11.7. The van der Waals surface area contributed by atoms with Crippen LogP contribution >= 0.6 is 0 Å². The Morgan fingerprint density at radius 2 is 2.38 bits per heavy atom. The molecule has 0 radical (unpaired) electrons. The van der Waals surface area contributed by atoms with Gasteiger partial charge in [-0.3, -0.25) is 9.48 Å². The summed E-state index contributed by atoms with van der Waals surface area (Å²) in [5, 5.41) is 3.99. The maximum absolute atomic E-state index is 11.7. The number of ketones is 1. The molecule has 4 nitrogen and oxygen atoms in total. The monoisotopic (exact) mass is 180 g/mol. The smallest absolute Gasteiger partial charge is 0.187 e. The van der Waals surface area contributed by atoms with E-state index in [0.29, 0.717) is 11.4 Å². The molecule has 1 saturated carbocycles. The minimum atomic E-state index is 0.164. The Hall–Kier alpha value is -1.32. The van der Waals surface area contributed by atoms with Crippen LogP contribution in [0.5, 0.6) is 5.75 Å². The van der Waals surface area contributed by atoms with Crippen LogP contribution in [0.4, 0.5) is 0 Å². The van der Waals surface area contributed by atoms with Crippen molar-refractivity contribution in [1.82, 2.24) is 9.78 Å². The molecule has 0 amide bonds. The number of rotatable bonds is 3. The average molecular weight is 180 g/mol. The number of methoxy groups -OCH3 is 1. The van der Waals surface area contributed by atoms with Crippen molar-refractivity contribution in [3.8, 4) is 5.75 Å². The van der Waals surface area contributed by atoms with Crippen molar-refractivity contribution < 1.29 is 9.53 Å².